The molecule has 104 valence electrons. The number of aryl methyl sites for hydroxylation is 1. The van der Waals surface area contributed by atoms with Gasteiger partial charge in [-0.2, -0.15) is 0 Å². The fraction of sp³-hybridized carbons (Fsp3) is 0.438. The van der Waals surface area contributed by atoms with Gasteiger partial charge in [0.05, 0.1) is 5.56 Å². The van der Waals surface area contributed by atoms with Gasteiger partial charge in [-0.3, -0.25) is 0 Å². The molecule has 3 nitrogen and oxygen atoms in total. The molecule has 0 aliphatic heterocycles. The Morgan fingerprint density at radius 1 is 1.47 bits per heavy atom. The van der Waals surface area contributed by atoms with Crippen LogP contribution in [0.5, 0.6) is 0 Å². The van der Waals surface area contributed by atoms with E-state index in [4.69, 9.17) is 4.74 Å². The molecule has 0 heterocycles. The summed E-state index contributed by atoms with van der Waals surface area (Å²) in [6, 6.07) is 6.08. The first-order valence-electron chi connectivity index (χ1n) is 6.74. The van der Waals surface area contributed by atoms with E-state index in [1.54, 1.807) is 6.08 Å². The van der Waals surface area contributed by atoms with E-state index in [0.717, 1.165) is 17.5 Å². The largest absolute Gasteiger partial charge is 0.461 e. The second kappa shape index (κ2) is 7.74. The quantitative estimate of drug-likeness (QED) is 0.605. The van der Waals surface area contributed by atoms with Gasteiger partial charge in [0.25, 0.3) is 0 Å². The molecule has 0 aliphatic carbocycles. The molecule has 1 aromatic rings. The van der Waals surface area contributed by atoms with Crippen LogP contribution in [0.15, 0.2) is 24.8 Å². The van der Waals surface area contributed by atoms with Crippen LogP contribution in [0.1, 0.15) is 42.3 Å². The molecule has 1 rings (SSSR count). The van der Waals surface area contributed by atoms with E-state index in [9.17, 15) is 4.79 Å². The molecule has 0 unspecified atom stereocenters. The van der Waals surface area contributed by atoms with Crippen molar-refractivity contribution >= 4 is 12.0 Å². The SMILES string of the molecule is C=Cc1ccc(C(=O)OCCNC(C)C)c(CC)c1. The van der Waals surface area contributed by atoms with Crippen molar-refractivity contribution in [3.63, 3.8) is 0 Å². The van der Waals surface area contributed by atoms with Crippen LogP contribution in [-0.2, 0) is 11.2 Å². The highest BCUT2D eigenvalue weighted by molar-refractivity contribution is 5.91. The van der Waals surface area contributed by atoms with Crippen LogP contribution in [0.3, 0.4) is 0 Å². The molecule has 0 saturated heterocycles. The maximum Gasteiger partial charge on any atom is 0.338 e. The number of carbonyl (C=O) groups is 1. The minimum absolute atomic E-state index is 0.252. The molecular weight excluding hydrogens is 238 g/mol. The summed E-state index contributed by atoms with van der Waals surface area (Å²) in [5, 5.41) is 3.21. The van der Waals surface area contributed by atoms with Gasteiger partial charge in [-0.15, -0.1) is 0 Å². The van der Waals surface area contributed by atoms with E-state index < -0.39 is 0 Å². The van der Waals surface area contributed by atoms with Gasteiger partial charge in [0.15, 0.2) is 0 Å². The summed E-state index contributed by atoms with van der Waals surface area (Å²) in [5.74, 6) is -0.252. The molecular formula is C16H23NO2. The number of carbonyl (C=O) groups excluding carboxylic acids is 1. The summed E-state index contributed by atoms with van der Waals surface area (Å²) < 4.78 is 5.27. The highest BCUT2D eigenvalue weighted by atomic mass is 16.5. The van der Waals surface area contributed by atoms with Crippen molar-refractivity contribution in [1.29, 1.82) is 0 Å². The molecule has 1 aromatic carbocycles. The zero-order valence-corrected chi connectivity index (χ0v) is 12.0. The van der Waals surface area contributed by atoms with Gasteiger partial charge < -0.3 is 10.1 Å². The molecule has 0 atom stereocenters. The average molecular weight is 261 g/mol. The molecule has 19 heavy (non-hydrogen) atoms. The van der Waals surface area contributed by atoms with Crippen molar-refractivity contribution in [3.05, 3.63) is 41.5 Å². The maximum atomic E-state index is 12.0. The first-order valence-corrected chi connectivity index (χ1v) is 6.74. The third-order valence-corrected chi connectivity index (χ3v) is 2.85. The first kappa shape index (κ1) is 15.4. The van der Waals surface area contributed by atoms with Crippen LogP contribution in [-0.4, -0.2) is 25.2 Å². The maximum absolute atomic E-state index is 12.0. The van der Waals surface area contributed by atoms with Crippen molar-refractivity contribution < 1.29 is 9.53 Å². The van der Waals surface area contributed by atoms with Crippen LogP contribution >= 0.6 is 0 Å². The minimum Gasteiger partial charge on any atom is -0.461 e. The average Bonchev–Trinajstić information content (AvgIpc) is 2.42. The first-order chi connectivity index (χ1) is 9.08. The lowest BCUT2D eigenvalue weighted by Crippen LogP contribution is -2.27. The molecule has 0 aromatic heterocycles. The Morgan fingerprint density at radius 2 is 2.21 bits per heavy atom. The van der Waals surface area contributed by atoms with Crippen LogP contribution < -0.4 is 5.32 Å². The van der Waals surface area contributed by atoms with Crippen molar-refractivity contribution in [2.75, 3.05) is 13.2 Å². The molecule has 3 heteroatoms. The van der Waals surface area contributed by atoms with Crippen LogP contribution in [0.4, 0.5) is 0 Å². The number of hydrogen-bond acceptors (Lipinski definition) is 3. The van der Waals surface area contributed by atoms with Gasteiger partial charge in [-0.25, -0.2) is 4.79 Å². The van der Waals surface area contributed by atoms with Gasteiger partial charge in [0.2, 0.25) is 0 Å². The number of benzene rings is 1. The monoisotopic (exact) mass is 261 g/mol. The second-order valence-electron chi connectivity index (χ2n) is 4.72. The Kier molecular flexibility index (Phi) is 6.30. The number of esters is 1. The Labute approximate surface area is 115 Å². The van der Waals surface area contributed by atoms with Crippen LogP contribution in [0, 0.1) is 0 Å². The highest BCUT2D eigenvalue weighted by Gasteiger charge is 2.11. The molecule has 0 spiro atoms. The molecule has 0 aliphatic rings. The Morgan fingerprint density at radius 3 is 2.79 bits per heavy atom. The summed E-state index contributed by atoms with van der Waals surface area (Å²) in [6.45, 7) is 11.0. The molecule has 0 amide bonds. The lowest BCUT2D eigenvalue weighted by atomic mass is 10.0. The lowest BCUT2D eigenvalue weighted by molar-refractivity contribution is 0.0505. The van der Waals surface area contributed by atoms with Gasteiger partial charge in [-0.1, -0.05) is 45.6 Å². The molecule has 0 saturated carbocycles. The summed E-state index contributed by atoms with van der Waals surface area (Å²) >= 11 is 0. The zero-order chi connectivity index (χ0) is 14.3. The lowest BCUT2D eigenvalue weighted by Gasteiger charge is -2.11. The number of hydrogen-bond donors (Lipinski definition) is 1. The Balaban J connectivity index is 2.63. The summed E-state index contributed by atoms with van der Waals surface area (Å²) in [6.07, 6.45) is 2.58. The standard InChI is InChI=1S/C16H23NO2/c1-5-13-7-8-15(14(6-2)11-13)16(18)19-10-9-17-12(3)4/h5,7-8,11-12,17H,1,6,9-10H2,2-4H3. The van der Waals surface area contributed by atoms with Gasteiger partial charge in [0.1, 0.15) is 6.61 Å². The topological polar surface area (TPSA) is 38.3 Å². The second-order valence-corrected chi connectivity index (χ2v) is 4.72. The number of nitrogens with one attached hydrogen (secondary N) is 1. The summed E-state index contributed by atoms with van der Waals surface area (Å²) in [4.78, 5) is 12.0. The zero-order valence-electron chi connectivity index (χ0n) is 12.0. The van der Waals surface area contributed by atoms with Crippen molar-refractivity contribution in [2.24, 2.45) is 0 Å². The van der Waals surface area contributed by atoms with Gasteiger partial charge >= 0.3 is 5.97 Å². The fourth-order valence-electron chi connectivity index (χ4n) is 1.80. The van der Waals surface area contributed by atoms with Crippen LogP contribution in [0.25, 0.3) is 6.08 Å². The van der Waals surface area contributed by atoms with Crippen molar-refractivity contribution in [3.8, 4) is 0 Å². The number of ether oxygens (including phenoxy) is 1. The Hall–Kier alpha value is -1.61. The molecule has 0 radical (unpaired) electrons. The highest BCUT2D eigenvalue weighted by Crippen LogP contribution is 2.15. The molecule has 0 fully saturated rings. The van der Waals surface area contributed by atoms with E-state index in [2.05, 4.69) is 25.7 Å². The molecule has 0 bridgehead atoms. The van der Waals surface area contributed by atoms with Gasteiger partial charge in [0, 0.05) is 12.6 Å². The Bertz CT molecular complexity index is 438. The van der Waals surface area contributed by atoms with E-state index in [1.165, 1.54) is 0 Å². The van der Waals surface area contributed by atoms with E-state index >= 15 is 0 Å². The third-order valence-electron chi connectivity index (χ3n) is 2.85. The predicted molar refractivity (Wildman–Crippen MR) is 79.3 cm³/mol. The van der Waals surface area contributed by atoms with E-state index in [1.807, 2.05) is 25.1 Å². The van der Waals surface area contributed by atoms with Crippen molar-refractivity contribution in [1.82, 2.24) is 5.32 Å². The number of rotatable bonds is 7. The smallest absolute Gasteiger partial charge is 0.338 e. The van der Waals surface area contributed by atoms with Crippen LogP contribution in [0.2, 0.25) is 0 Å². The normalized spacial score (nSPS) is 10.5. The van der Waals surface area contributed by atoms with E-state index in [0.29, 0.717) is 24.8 Å². The van der Waals surface area contributed by atoms with Gasteiger partial charge in [-0.05, 0) is 23.6 Å². The predicted octanol–water partition coefficient (Wildman–Crippen LogP) is 3.05. The van der Waals surface area contributed by atoms with Crippen molar-refractivity contribution in [2.45, 2.75) is 33.2 Å². The fourth-order valence-corrected chi connectivity index (χ4v) is 1.80. The summed E-state index contributed by atoms with van der Waals surface area (Å²) in [5.41, 5.74) is 2.67. The summed E-state index contributed by atoms with van der Waals surface area (Å²) in [7, 11) is 0. The van der Waals surface area contributed by atoms with E-state index in [-0.39, 0.29) is 5.97 Å². The minimum atomic E-state index is -0.252. The molecule has 1 N–H and O–H groups in total. The third kappa shape index (κ3) is 4.87.